The Bertz CT molecular complexity index is 879. The van der Waals surface area contributed by atoms with Crippen molar-refractivity contribution in [2.45, 2.75) is 12.6 Å². The van der Waals surface area contributed by atoms with E-state index in [0.717, 1.165) is 0 Å². The maximum Gasteiger partial charge on any atom is 0.270 e. The summed E-state index contributed by atoms with van der Waals surface area (Å²) in [5.41, 5.74) is 0.697. The minimum absolute atomic E-state index is 0.0447. The Labute approximate surface area is 137 Å². The van der Waals surface area contributed by atoms with Gasteiger partial charge in [-0.2, -0.15) is 0 Å². The van der Waals surface area contributed by atoms with Gasteiger partial charge in [0.25, 0.3) is 5.69 Å². The van der Waals surface area contributed by atoms with Gasteiger partial charge in [-0.15, -0.1) is 0 Å². The van der Waals surface area contributed by atoms with E-state index in [0.29, 0.717) is 11.4 Å². The summed E-state index contributed by atoms with van der Waals surface area (Å²) >= 11 is 0. The number of hydrogen-bond acceptors (Lipinski definition) is 4. The van der Waals surface area contributed by atoms with Gasteiger partial charge < -0.3 is 9.67 Å². The van der Waals surface area contributed by atoms with Crippen LogP contribution < -0.4 is 0 Å². The molecule has 7 heteroatoms. The SMILES string of the molecule is O=[N+]([O-])c1cccc(-c2nccn2C[C@@H](O)c2ccccc2F)c1. The van der Waals surface area contributed by atoms with Gasteiger partial charge in [-0.1, -0.05) is 30.3 Å². The van der Waals surface area contributed by atoms with E-state index in [2.05, 4.69) is 4.98 Å². The average molecular weight is 327 g/mol. The van der Waals surface area contributed by atoms with Crippen LogP contribution in [0.5, 0.6) is 0 Å². The van der Waals surface area contributed by atoms with Gasteiger partial charge >= 0.3 is 0 Å². The maximum atomic E-state index is 13.8. The first-order valence-corrected chi connectivity index (χ1v) is 7.24. The molecule has 2 aromatic carbocycles. The van der Waals surface area contributed by atoms with E-state index < -0.39 is 16.8 Å². The largest absolute Gasteiger partial charge is 0.386 e. The van der Waals surface area contributed by atoms with Crippen LogP contribution in [-0.2, 0) is 6.54 Å². The van der Waals surface area contributed by atoms with Crippen molar-refractivity contribution in [2.24, 2.45) is 0 Å². The number of rotatable bonds is 5. The second-order valence-corrected chi connectivity index (χ2v) is 5.25. The summed E-state index contributed by atoms with van der Waals surface area (Å²) < 4.78 is 15.4. The number of aliphatic hydroxyl groups excluding tert-OH is 1. The molecule has 0 spiro atoms. The van der Waals surface area contributed by atoms with Crippen LogP contribution >= 0.6 is 0 Å². The molecule has 3 rings (SSSR count). The number of non-ortho nitro benzene ring substituents is 1. The van der Waals surface area contributed by atoms with E-state index in [9.17, 15) is 19.6 Å². The van der Waals surface area contributed by atoms with E-state index in [1.165, 1.54) is 30.5 Å². The fraction of sp³-hybridized carbons (Fsp3) is 0.118. The summed E-state index contributed by atoms with van der Waals surface area (Å²) in [6.45, 7) is 0.0823. The number of hydrogen-bond donors (Lipinski definition) is 1. The molecule has 1 aromatic heterocycles. The molecule has 6 nitrogen and oxygen atoms in total. The van der Waals surface area contributed by atoms with Crippen LogP contribution in [0.3, 0.4) is 0 Å². The quantitative estimate of drug-likeness (QED) is 0.576. The highest BCUT2D eigenvalue weighted by molar-refractivity contribution is 5.59. The van der Waals surface area contributed by atoms with E-state index in [4.69, 9.17) is 0 Å². The Morgan fingerprint density at radius 2 is 2.04 bits per heavy atom. The van der Waals surface area contributed by atoms with Crippen molar-refractivity contribution in [3.63, 3.8) is 0 Å². The third-order valence-electron chi connectivity index (χ3n) is 3.66. The van der Waals surface area contributed by atoms with Crippen molar-refractivity contribution in [3.05, 3.63) is 82.4 Å². The number of halogens is 1. The van der Waals surface area contributed by atoms with Gasteiger partial charge in [0.2, 0.25) is 0 Å². The number of nitro benzene ring substituents is 1. The monoisotopic (exact) mass is 327 g/mol. The molecule has 0 aliphatic carbocycles. The average Bonchev–Trinajstić information content (AvgIpc) is 3.03. The van der Waals surface area contributed by atoms with E-state index >= 15 is 0 Å². The predicted octanol–water partition coefficient (Wildman–Crippen LogP) is 3.33. The van der Waals surface area contributed by atoms with Gasteiger partial charge in [0, 0.05) is 35.7 Å². The first kappa shape index (κ1) is 15.8. The molecule has 1 heterocycles. The standard InChI is InChI=1S/C17H14FN3O3/c18-15-7-2-1-6-14(15)16(22)11-20-9-8-19-17(20)12-4-3-5-13(10-12)21(23)24/h1-10,16,22H,11H2/t16-/m1/s1. The Kier molecular flexibility index (Phi) is 4.35. The van der Waals surface area contributed by atoms with Crippen molar-refractivity contribution < 1.29 is 14.4 Å². The molecule has 0 saturated carbocycles. The zero-order valence-corrected chi connectivity index (χ0v) is 12.5. The van der Waals surface area contributed by atoms with Gasteiger partial charge in [0.15, 0.2) is 0 Å². The van der Waals surface area contributed by atoms with Crippen LogP contribution in [0.1, 0.15) is 11.7 Å². The molecular weight excluding hydrogens is 313 g/mol. The molecule has 0 radical (unpaired) electrons. The molecule has 0 aliphatic heterocycles. The molecule has 0 aliphatic rings. The summed E-state index contributed by atoms with van der Waals surface area (Å²) in [6, 6.07) is 12.1. The minimum atomic E-state index is -1.06. The lowest BCUT2D eigenvalue weighted by Crippen LogP contribution is -2.10. The summed E-state index contributed by atoms with van der Waals surface area (Å²) in [7, 11) is 0. The molecule has 122 valence electrons. The third kappa shape index (κ3) is 3.16. The van der Waals surface area contributed by atoms with Crippen LogP contribution in [0.15, 0.2) is 60.9 Å². The molecular formula is C17H14FN3O3. The highest BCUT2D eigenvalue weighted by Gasteiger charge is 2.16. The Morgan fingerprint density at radius 3 is 2.79 bits per heavy atom. The maximum absolute atomic E-state index is 13.8. The molecule has 0 bridgehead atoms. The summed E-state index contributed by atoms with van der Waals surface area (Å²) in [6.07, 6.45) is 2.11. The Morgan fingerprint density at radius 1 is 1.25 bits per heavy atom. The number of benzene rings is 2. The van der Waals surface area contributed by atoms with Gasteiger partial charge in [-0.05, 0) is 6.07 Å². The van der Waals surface area contributed by atoms with Crippen molar-refractivity contribution in [1.82, 2.24) is 9.55 Å². The Hall–Kier alpha value is -3.06. The fourth-order valence-corrected chi connectivity index (χ4v) is 2.51. The first-order chi connectivity index (χ1) is 11.6. The number of nitrogens with zero attached hydrogens (tertiary/aromatic N) is 3. The number of aromatic nitrogens is 2. The van der Waals surface area contributed by atoms with Crippen LogP contribution in [0.4, 0.5) is 10.1 Å². The minimum Gasteiger partial charge on any atom is -0.386 e. The molecule has 1 N–H and O–H groups in total. The van der Waals surface area contributed by atoms with E-state index in [1.54, 1.807) is 35.0 Å². The molecule has 0 unspecified atom stereocenters. The van der Waals surface area contributed by atoms with Crippen molar-refractivity contribution in [3.8, 4) is 11.4 Å². The molecule has 0 fully saturated rings. The van der Waals surface area contributed by atoms with Crippen LogP contribution in [0, 0.1) is 15.9 Å². The number of imidazole rings is 1. The Balaban J connectivity index is 1.90. The zero-order valence-electron chi connectivity index (χ0n) is 12.5. The second-order valence-electron chi connectivity index (χ2n) is 5.25. The number of nitro groups is 1. The summed E-state index contributed by atoms with van der Waals surface area (Å²) in [5, 5.41) is 21.2. The summed E-state index contributed by atoms with van der Waals surface area (Å²) in [4.78, 5) is 14.6. The highest BCUT2D eigenvalue weighted by Crippen LogP contribution is 2.25. The molecule has 24 heavy (non-hydrogen) atoms. The topological polar surface area (TPSA) is 81.2 Å². The lowest BCUT2D eigenvalue weighted by atomic mass is 10.1. The fourth-order valence-electron chi connectivity index (χ4n) is 2.51. The zero-order chi connectivity index (χ0) is 17.1. The molecule has 0 amide bonds. The van der Waals surface area contributed by atoms with Gasteiger partial charge in [-0.3, -0.25) is 10.1 Å². The van der Waals surface area contributed by atoms with Crippen LogP contribution in [0.2, 0.25) is 0 Å². The van der Waals surface area contributed by atoms with E-state index in [1.807, 2.05) is 0 Å². The summed E-state index contributed by atoms with van der Waals surface area (Å²) in [5.74, 6) is -0.0175. The smallest absolute Gasteiger partial charge is 0.270 e. The first-order valence-electron chi connectivity index (χ1n) is 7.24. The van der Waals surface area contributed by atoms with Gasteiger partial charge in [0.05, 0.1) is 17.6 Å². The molecule has 1 atom stereocenters. The van der Waals surface area contributed by atoms with Crippen LogP contribution in [0.25, 0.3) is 11.4 Å². The van der Waals surface area contributed by atoms with Gasteiger partial charge in [-0.25, -0.2) is 9.37 Å². The predicted molar refractivity (Wildman–Crippen MR) is 85.7 cm³/mol. The van der Waals surface area contributed by atoms with Gasteiger partial charge in [0.1, 0.15) is 11.6 Å². The van der Waals surface area contributed by atoms with Crippen molar-refractivity contribution >= 4 is 5.69 Å². The van der Waals surface area contributed by atoms with Crippen molar-refractivity contribution in [2.75, 3.05) is 0 Å². The molecule has 0 saturated heterocycles. The lowest BCUT2D eigenvalue weighted by Gasteiger charge is -2.14. The normalized spacial score (nSPS) is 12.1. The van der Waals surface area contributed by atoms with Crippen LogP contribution in [-0.4, -0.2) is 19.6 Å². The third-order valence-corrected chi connectivity index (χ3v) is 3.66. The van der Waals surface area contributed by atoms with Crippen molar-refractivity contribution in [1.29, 1.82) is 0 Å². The lowest BCUT2D eigenvalue weighted by molar-refractivity contribution is -0.384. The molecule has 3 aromatic rings. The highest BCUT2D eigenvalue weighted by atomic mass is 19.1. The second kappa shape index (κ2) is 6.59. The number of aliphatic hydroxyl groups is 1. The van der Waals surface area contributed by atoms with E-state index in [-0.39, 0.29) is 17.8 Å².